The van der Waals surface area contributed by atoms with Gasteiger partial charge in [-0.3, -0.25) is 14.2 Å². The molecule has 0 radical (unpaired) electrons. The van der Waals surface area contributed by atoms with Crippen molar-refractivity contribution in [3.63, 3.8) is 0 Å². The molecule has 0 saturated heterocycles. The Bertz CT molecular complexity index is 696. The van der Waals surface area contributed by atoms with Gasteiger partial charge in [0.05, 0.1) is 5.52 Å². The smallest absolute Gasteiger partial charge is 0.408 e. The van der Waals surface area contributed by atoms with Crippen molar-refractivity contribution in [1.29, 1.82) is 0 Å². The second-order valence-electron chi connectivity index (χ2n) is 4.29. The average Bonchev–Trinajstić information content (AvgIpc) is 2.65. The minimum Gasteiger partial charge on any atom is -0.408 e. The molecule has 0 aliphatic rings. The first-order chi connectivity index (χ1) is 8.99. The maximum Gasteiger partial charge on any atom is 0.419 e. The monoisotopic (exact) mass is 262 g/mol. The van der Waals surface area contributed by atoms with E-state index in [1.165, 1.54) is 11.5 Å². The Balaban J connectivity index is 2.09. The van der Waals surface area contributed by atoms with E-state index in [2.05, 4.69) is 5.32 Å². The average molecular weight is 262 g/mol. The van der Waals surface area contributed by atoms with Gasteiger partial charge >= 0.3 is 5.76 Å². The van der Waals surface area contributed by atoms with Crippen LogP contribution in [0.2, 0.25) is 0 Å². The van der Waals surface area contributed by atoms with Gasteiger partial charge in [0.2, 0.25) is 5.78 Å². The first-order valence-electron chi connectivity index (χ1n) is 5.86. The Morgan fingerprint density at radius 1 is 1.37 bits per heavy atom. The van der Waals surface area contributed by atoms with E-state index < -0.39 is 17.4 Å². The molecule has 0 atom stereocenters. The second kappa shape index (κ2) is 5.09. The summed E-state index contributed by atoms with van der Waals surface area (Å²) in [5.74, 6) is -1.50. The molecule has 0 fully saturated rings. The van der Waals surface area contributed by atoms with Crippen LogP contribution in [0.4, 0.5) is 0 Å². The minimum atomic E-state index is -0.586. The van der Waals surface area contributed by atoms with Gasteiger partial charge in [0.15, 0.2) is 5.58 Å². The summed E-state index contributed by atoms with van der Waals surface area (Å²) < 4.78 is 6.44. The van der Waals surface area contributed by atoms with E-state index in [9.17, 15) is 14.4 Å². The third-order valence-electron chi connectivity index (χ3n) is 2.87. The van der Waals surface area contributed by atoms with Crippen LogP contribution in [0.3, 0.4) is 0 Å². The van der Waals surface area contributed by atoms with Gasteiger partial charge in [0.25, 0.3) is 5.91 Å². The number of benzene rings is 1. The molecule has 1 heterocycles. The van der Waals surface area contributed by atoms with Gasteiger partial charge in [-0.2, -0.15) is 0 Å². The molecule has 6 heteroatoms. The van der Waals surface area contributed by atoms with Crippen molar-refractivity contribution in [2.24, 2.45) is 7.05 Å². The van der Waals surface area contributed by atoms with Crippen molar-refractivity contribution in [3.05, 3.63) is 34.3 Å². The van der Waals surface area contributed by atoms with Crippen molar-refractivity contribution in [1.82, 2.24) is 9.88 Å². The number of nitrogens with one attached hydrogen (secondary N) is 1. The van der Waals surface area contributed by atoms with Crippen LogP contribution in [0.5, 0.6) is 0 Å². The number of aryl methyl sites for hydroxylation is 1. The standard InChI is InChI=1S/C13H14N2O4/c1-8(16)12(17)14-6-5-9-3-4-11-10(7-9)15(2)13(18)19-11/h3-4,7H,5-6H2,1-2H3,(H,14,17). The highest BCUT2D eigenvalue weighted by atomic mass is 16.4. The van der Waals surface area contributed by atoms with Crippen molar-refractivity contribution >= 4 is 22.8 Å². The fraction of sp³-hybridized carbons (Fsp3) is 0.308. The van der Waals surface area contributed by atoms with E-state index in [1.807, 2.05) is 12.1 Å². The zero-order chi connectivity index (χ0) is 14.0. The van der Waals surface area contributed by atoms with Gasteiger partial charge in [0.1, 0.15) is 0 Å². The highest BCUT2D eigenvalue weighted by molar-refractivity contribution is 6.35. The highest BCUT2D eigenvalue weighted by Gasteiger charge is 2.08. The number of rotatable bonds is 4. The van der Waals surface area contributed by atoms with Crippen LogP contribution in [0.15, 0.2) is 27.4 Å². The lowest BCUT2D eigenvalue weighted by Crippen LogP contribution is -2.30. The van der Waals surface area contributed by atoms with Crippen LogP contribution in [0, 0.1) is 0 Å². The lowest BCUT2D eigenvalue weighted by atomic mass is 10.1. The van der Waals surface area contributed by atoms with Gasteiger partial charge in [-0.05, 0) is 24.1 Å². The molecule has 6 nitrogen and oxygen atoms in total. The number of hydrogen-bond donors (Lipinski definition) is 1. The Morgan fingerprint density at radius 3 is 2.79 bits per heavy atom. The molecule has 0 saturated carbocycles. The van der Waals surface area contributed by atoms with Crippen LogP contribution in [0.25, 0.3) is 11.1 Å². The molecule has 2 rings (SSSR count). The lowest BCUT2D eigenvalue weighted by molar-refractivity contribution is -0.136. The second-order valence-corrected chi connectivity index (χ2v) is 4.29. The van der Waals surface area contributed by atoms with E-state index in [4.69, 9.17) is 4.42 Å². The Hall–Kier alpha value is -2.37. The fourth-order valence-corrected chi connectivity index (χ4v) is 1.77. The van der Waals surface area contributed by atoms with Gasteiger partial charge in [0, 0.05) is 20.5 Å². The zero-order valence-electron chi connectivity index (χ0n) is 10.7. The molecular formula is C13H14N2O4. The van der Waals surface area contributed by atoms with E-state index in [0.717, 1.165) is 5.56 Å². The number of amides is 1. The third kappa shape index (κ3) is 2.73. The minimum absolute atomic E-state index is 0.371. The topological polar surface area (TPSA) is 81.3 Å². The molecule has 1 N–H and O–H groups in total. The summed E-state index contributed by atoms with van der Waals surface area (Å²) in [5, 5.41) is 2.52. The maximum atomic E-state index is 11.3. The van der Waals surface area contributed by atoms with E-state index in [-0.39, 0.29) is 0 Å². The van der Waals surface area contributed by atoms with Gasteiger partial charge in [-0.1, -0.05) is 6.07 Å². The van der Waals surface area contributed by atoms with Crippen LogP contribution in [-0.2, 0) is 23.1 Å². The molecule has 0 aliphatic carbocycles. The van der Waals surface area contributed by atoms with E-state index in [0.29, 0.717) is 24.1 Å². The predicted molar refractivity (Wildman–Crippen MR) is 68.8 cm³/mol. The Kier molecular flexibility index (Phi) is 3.50. The van der Waals surface area contributed by atoms with Crippen LogP contribution in [-0.4, -0.2) is 22.8 Å². The largest absolute Gasteiger partial charge is 0.419 e. The number of carbonyl (C=O) groups is 2. The molecule has 0 aliphatic heterocycles. The predicted octanol–water partition coefficient (Wildman–Crippen LogP) is 0.379. The number of hydrogen-bond acceptors (Lipinski definition) is 4. The van der Waals surface area contributed by atoms with Crippen LogP contribution >= 0.6 is 0 Å². The van der Waals surface area contributed by atoms with Gasteiger partial charge in [-0.25, -0.2) is 4.79 Å². The van der Waals surface area contributed by atoms with Gasteiger partial charge in [-0.15, -0.1) is 0 Å². The molecule has 100 valence electrons. The molecule has 1 aromatic heterocycles. The number of Topliss-reactive ketones (excluding diaryl/α,β-unsaturated/α-hetero) is 1. The zero-order valence-corrected chi connectivity index (χ0v) is 10.7. The molecule has 1 aromatic carbocycles. The summed E-state index contributed by atoms with van der Waals surface area (Å²) >= 11 is 0. The Morgan fingerprint density at radius 2 is 2.11 bits per heavy atom. The van der Waals surface area contributed by atoms with Crippen molar-refractivity contribution < 1.29 is 14.0 Å². The number of fused-ring (bicyclic) bond motifs is 1. The summed E-state index contributed by atoms with van der Waals surface area (Å²) in [6, 6.07) is 5.38. The number of nitrogens with zero attached hydrogens (tertiary/aromatic N) is 1. The lowest BCUT2D eigenvalue weighted by Gasteiger charge is -2.03. The van der Waals surface area contributed by atoms with Crippen molar-refractivity contribution in [2.45, 2.75) is 13.3 Å². The van der Waals surface area contributed by atoms with Crippen LogP contribution in [0.1, 0.15) is 12.5 Å². The highest BCUT2D eigenvalue weighted by Crippen LogP contribution is 2.14. The normalized spacial score (nSPS) is 10.6. The molecule has 19 heavy (non-hydrogen) atoms. The van der Waals surface area contributed by atoms with Crippen LogP contribution < -0.4 is 11.1 Å². The number of oxazole rings is 1. The number of carbonyl (C=O) groups excluding carboxylic acids is 2. The molecule has 0 bridgehead atoms. The fourth-order valence-electron chi connectivity index (χ4n) is 1.77. The number of ketones is 1. The summed E-state index contributed by atoms with van der Waals surface area (Å²) in [6.07, 6.45) is 0.578. The molecule has 1 amide bonds. The number of aromatic nitrogens is 1. The quantitative estimate of drug-likeness (QED) is 0.808. The van der Waals surface area contributed by atoms with E-state index >= 15 is 0 Å². The molecular weight excluding hydrogens is 248 g/mol. The SMILES string of the molecule is CC(=O)C(=O)NCCc1ccc2oc(=O)n(C)c2c1. The summed E-state index contributed by atoms with van der Waals surface area (Å²) in [7, 11) is 1.63. The summed E-state index contributed by atoms with van der Waals surface area (Å²) in [4.78, 5) is 33.2. The first kappa shape index (κ1) is 13.1. The van der Waals surface area contributed by atoms with Gasteiger partial charge < -0.3 is 9.73 Å². The maximum absolute atomic E-state index is 11.3. The molecule has 0 unspecified atom stereocenters. The Labute approximate surface area is 109 Å². The van der Waals surface area contributed by atoms with E-state index in [1.54, 1.807) is 13.1 Å². The van der Waals surface area contributed by atoms with Crippen molar-refractivity contribution in [3.8, 4) is 0 Å². The first-order valence-corrected chi connectivity index (χ1v) is 5.86. The summed E-state index contributed by atoms with van der Waals surface area (Å²) in [5.41, 5.74) is 2.19. The molecule has 2 aromatic rings. The summed E-state index contributed by atoms with van der Waals surface area (Å²) in [6.45, 7) is 1.60. The third-order valence-corrected chi connectivity index (χ3v) is 2.87. The molecule has 0 spiro atoms. The van der Waals surface area contributed by atoms with Crippen molar-refractivity contribution in [2.75, 3.05) is 6.54 Å².